The number of nitriles is 1. The smallest absolute Gasteiger partial charge is 0.302 e. The Morgan fingerprint density at radius 2 is 1.93 bits per heavy atom. The first kappa shape index (κ1) is 22.7. The molecule has 148 valence electrons. The van der Waals surface area contributed by atoms with E-state index in [0.717, 1.165) is 5.56 Å². The first-order chi connectivity index (χ1) is 13.4. The van der Waals surface area contributed by atoms with Crippen molar-refractivity contribution in [2.75, 3.05) is 17.5 Å². The molecule has 1 N–H and O–H groups in total. The monoisotopic (exact) mass is 402 g/mol. The van der Waals surface area contributed by atoms with Crippen LogP contribution in [0.15, 0.2) is 54.6 Å². The van der Waals surface area contributed by atoms with Gasteiger partial charge < -0.3 is 9.84 Å². The quantitative estimate of drug-likeness (QED) is 0.568. The van der Waals surface area contributed by atoms with Crippen LogP contribution in [-0.2, 0) is 20.4 Å². The summed E-state index contributed by atoms with van der Waals surface area (Å²) >= 11 is 0. The van der Waals surface area contributed by atoms with E-state index in [1.807, 2.05) is 6.07 Å². The standard InChI is InChI=1S/C16H14N2O3S.C4H8O2/c17-12-14-4-1-3-13(11-14)5-2-10-18(22(20)21)15-6-8-16(19)9-7-15;1-3-6-4(2)5/h1-9,11,19,22H,10H2;3H2,1-2H3/b5-2+;. The number of phenolic OH excluding ortho intramolecular Hbond substituents is 1. The average Bonchev–Trinajstić information content (AvgIpc) is 2.66. The Kier molecular flexibility index (Phi) is 9.86. The number of aromatic hydroxyl groups is 1. The molecule has 2 aromatic carbocycles. The summed E-state index contributed by atoms with van der Waals surface area (Å²) in [4.78, 5) is 9.82. The lowest BCUT2D eigenvalue weighted by molar-refractivity contribution is -0.140. The number of thiol groups is 1. The zero-order valence-electron chi connectivity index (χ0n) is 15.6. The number of esters is 1. The minimum Gasteiger partial charge on any atom is -0.508 e. The molecule has 7 nitrogen and oxygen atoms in total. The lowest BCUT2D eigenvalue weighted by Gasteiger charge is -2.15. The maximum atomic E-state index is 11.4. The fraction of sp³-hybridized carbons (Fsp3) is 0.200. The van der Waals surface area contributed by atoms with Crippen molar-refractivity contribution in [1.29, 1.82) is 5.26 Å². The van der Waals surface area contributed by atoms with Gasteiger partial charge in [0.25, 0.3) is 0 Å². The number of benzene rings is 2. The molecule has 0 heterocycles. The van der Waals surface area contributed by atoms with Crippen LogP contribution in [0, 0.1) is 11.3 Å². The number of rotatable bonds is 6. The highest BCUT2D eigenvalue weighted by molar-refractivity contribution is 7.74. The molecule has 0 atom stereocenters. The van der Waals surface area contributed by atoms with Gasteiger partial charge in [-0.1, -0.05) is 24.3 Å². The second-order valence-corrected chi connectivity index (χ2v) is 6.36. The van der Waals surface area contributed by atoms with Gasteiger partial charge in [-0.15, -0.1) is 0 Å². The average molecular weight is 402 g/mol. The largest absolute Gasteiger partial charge is 0.508 e. The Morgan fingerprint density at radius 1 is 1.25 bits per heavy atom. The van der Waals surface area contributed by atoms with Crippen LogP contribution in [0.1, 0.15) is 25.0 Å². The second-order valence-electron chi connectivity index (χ2n) is 5.40. The third-order valence-electron chi connectivity index (χ3n) is 3.30. The molecule has 0 bridgehead atoms. The molecule has 0 fully saturated rings. The molecule has 0 radical (unpaired) electrons. The van der Waals surface area contributed by atoms with Gasteiger partial charge >= 0.3 is 5.97 Å². The number of anilines is 1. The molecule has 0 saturated carbocycles. The molecule has 28 heavy (non-hydrogen) atoms. The van der Waals surface area contributed by atoms with Gasteiger partial charge in [-0.3, -0.25) is 9.10 Å². The lowest BCUT2D eigenvalue weighted by atomic mass is 10.1. The first-order valence-electron chi connectivity index (χ1n) is 8.38. The molecule has 0 saturated heterocycles. The number of phenols is 1. The van der Waals surface area contributed by atoms with Crippen molar-refractivity contribution in [2.45, 2.75) is 13.8 Å². The van der Waals surface area contributed by atoms with E-state index in [1.165, 1.54) is 35.5 Å². The van der Waals surface area contributed by atoms with Crippen molar-refractivity contribution in [1.82, 2.24) is 0 Å². The van der Waals surface area contributed by atoms with E-state index in [9.17, 15) is 18.3 Å². The third kappa shape index (κ3) is 8.38. The van der Waals surface area contributed by atoms with Gasteiger partial charge in [0.2, 0.25) is 10.9 Å². The minimum absolute atomic E-state index is 0.0775. The van der Waals surface area contributed by atoms with Gasteiger partial charge in [0.1, 0.15) is 5.75 Å². The highest BCUT2D eigenvalue weighted by atomic mass is 32.2. The Labute approximate surface area is 166 Å². The topological polar surface area (TPSA) is 108 Å². The third-order valence-corrected chi connectivity index (χ3v) is 4.09. The van der Waals surface area contributed by atoms with Crippen molar-refractivity contribution in [3.8, 4) is 11.8 Å². The predicted molar refractivity (Wildman–Crippen MR) is 108 cm³/mol. The normalized spacial score (nSPS) is 10.1. The van der Waals surface area contributed by atoms with Crippen LogP contribution >= 0.6 is 0 Å². The van der Waals surface area contributed by atoms with E-state index in [1.54, 1.807) is 37.3 Å². The van der Waals surface area contributed by atoms with Crippen LogP contribution in [0.25, 0.3) is 6.08 Å². The first-order valence-corrected chi connectivity index (χ1v) is 9.51. The van der Waals surface area contributed by atoms with Gasteiger partial charge in [0.05, 0.1) is 30.5 Å². The van der Waals surface area contributed by atoms with E-state index in [0.29, 0.717) is 17.9 Å². The number of hydrogen-bond acceptors (Lipinski definition) is 6. The Balaban J connectivity index is 0.000000568. The zero-order valence-corrected chi connectivity index (χ0v) is 16.5. The van der Waals surface area contributed by atoms with Crippen LogP contribution in [0.5, 0.6) is 5.75 Å². The van der Waals surface area contributed by atoms with Crippen molar-refractivity contribution in [3.05, 3.63) is 65.7 Å². The summed E-state index contributed by atoms with van der Waals surface area (Å²) in [6.45, 7) is 3.82. The van der Waals surface area contributed by atoms with Crippen molar-refractivity contribution < 1.29 is 23.1 Å². The molecular weight excluding hydrogens is 380 g/mol. The van der Waals surface area contributed by atoms with Crippen molar-refractivity contribution in [3.63, 3.8) is 0 Å². The fourth-order valence-electron chi connectivity index (χ4n) is 2.09. The van der Waals surface area contributed by atoms with Crippen LogP contribution in [0.3, 0.4) is 0 Å². The van der Waals surface area contributed by atoms with Crippen LogP contribution in [0.4, 0.5) is 5.69 Å². The molecule has 2 rings (SSSR count). The van der Waals surface area contributed by atoms with Gasteiger partial charge in [-0.25, -0.2) is 8.42 Å². The Hall–Kier alpha value is -3.31. The zero-order chi connectivity index (χ0) is 20.9. The Morgan fingerprint density at radius 3 is 2.43 bits per heavy atom. The molecule has 0 unspecified atom stereocenters. The Bertz CT molecular complexity index is 907. The molecule has 0 aliphatic rings. The second kappa shape index (κ2) is 12.1. The summed E-state index contributed by atoms with van der Waals surface area (Å²) in [5.41, 5.74) is 1.85. The van der Waals surface area contributed by atoms with Gasteiger partial charge in [0, 0.05) is 6.92 Å². The molecule has 0 aromatic heterocycles. The molecule has 0 aliphatic carbocycles. The minimum atomic E-state index is -2.79. The highest BCUT2D eigenvalue weighted by Gasteiger charge is 2.06. The van der Waals surface area contributed by atoms with Crippen LogP contribution < -0.4 is 4.31 Å². The number of hydrogen-bond donors (Lipinski definition) is 2. The summed E-state index contributed by atoms with van der Waals surface area (Å²) in [6, 6.07) is 15.0. The van der Waals surface area contributed by atoms with Crippen molar-refractivity contribution in [2.24, 2.45) is 0 Å². The van der Waals surface area contributed by atoms with Gasteiger partial charge in [-0.2, -0.15) is 5.26 Å². The summed E-state index contributed by atoms with van der Waals surface area (Å²) in [6.07, 6.45) is 3.46. The van der Waals surface area contributed by atoms with E-state index >= 15 is 0 Å². The SMILES string of the molecule is CCOC(C)=O.N#Cc1cccc(/C=C/CN(c2ccc(O)cc2)[SH](=O)=O)c1. The number of carbonyl (C=O) groups is 1. The molecule has 0 aliphatic heterocycles. The van der Waals surface area contributed by atoms with Crippen molar-refractivity contribution >= 4 is 28.6 Å². The number of nitrogens with zero attached hydrogens (tertiary/aromatic N) is 2. The van der Waals surface area contributed by atoms with Crippen LogP contribution in [0.2, 0.25) is 0 Å². The van der Waals surface area contributed by atoms with Gasteiger partial charge in [-0.05, 0) is 48.9 Å². The van der Waals surface area contributed by atoms with E-state index in [4.69, 9.17) is 5.26 Å². The maximum absolute atomic E-state index is 11.4. The van der Waals surface area contributed by atoms with Crippen LogP contribution in [-0.4, -0.2) is 32.6 Å². The summed E-state index contributed by atoms with van der Waals surface area (Å²) < 4.78 is 28.3. The fourth-order valence-corrected chi connectivity index (χ4v) is 2.64. The molecule has 0 spiro atoms. The summed E-state index contributed by atoms with van der Waals surface area (Å²) in [7, 11) is -2.79. The molecule has 0 amide bonds. The number of carbonyl (C=O) groups excluding carboxylic acids is 1. The summed E-state index contributed by atoms with van der Waals surface area (Å²) in [5, 5.41) is 18.1. The van der Waals surface area contributed by atoms with Gasteiger partial charge in [0.15, 0.2) is 0 Å². The van der Waals surface area contributed by atoms with E-state index < -0.39 is 10.9 Å². The highest BCUT2D eigenvalue weighted by Crippen LogP contribution is 2.18. The van der Waals surface area contributed by atoms with E-state index in [-0.39, 0.29) is 18.3 Å². The molecular formula is C20H22N2O5S. The molecule has 2 aromatic rings. The maximum Gasteiger partial charge on any atom is 0.302 e. The molecule has 8 heteroatoms. The number of ether oxygens (including phenoxy) is 1. The summed E-state index contributed by atoms with van der Waals surface area (Å²) in [5.74, 6) is -0.133. The van der Waals surface area contributed by atoms with E-state index in [2.05, 4.69) is 10.8 Å². The predicted octanol–water partition coefficient (Wildman–Crippen LogP) is 2.88. The lowest BCUT2D eigenvalue weighted by Crippen LogP contribution is -2.20.